The quantitative estimate of drug-likeness (QED) is 0.516. The molecule has 2 amide bonds. The second kappa shape index (κ2) is 6.77. The lowest BCUT2D eigenvalue weighted by Crippen LogP contribution is -2.13. The van der Waals surface area contributed by atoms with Crippen molar-refractivity contribution in [3.8, 4) is 0 Å². The highest BCUT2D eigenvalue weighted by Crippen LogP contribution is 2.19. The lowest BCUT2D eigenvalue weighted by molar-refractivity contribution is 0.102. The monoisotopic (exact) mass is 363 g/mol. The minimum Gasteiger partial charge on any atom is -0.322 e. The van der Waals surface area contributed by atoms with Crippen LogP contribution in [0.2, 0.25) is 0 Å². The fourth-order valence-corrected chi connectivity index (χ4v) is 3.08. The predicted molar refractivity (Wildman–Crippen MR) is 101 cm³/mol. The predicted octanol–water partition coefficient (Wildman–Crippen LogP) is 3.52. The molecule has 0 atom stereocenters. The molecule has 26 heavy (non-hydrogen) atoms. The Kier molecular flexibility index (Phi) is 4.16. The van der Waals surface area contributed by atoms with Gasteiger partial charge in [0.25, 0.3) is 11.8 Å². The number of aromatic amines is 1. The van der Waals surface area contributed by atoms with Gasteiger partial charge in [-0.05, 0) is 47.8 Å². The first-order valence-corrected chi connectivity index (χ1v) is 8.64. The number of hydrogen-bond donors (Lipinski definition) is 3. The SMILES string of the molecule is O=C(Nc1cccc(NC(=O)c2cccs2)c1)c1ccc2n[nH]nc2c1. The minimum absolute atomic E-state index is 0.181. The molecule has 0 aliphatic heterocycles. The average molecular weight is 363 g/mol. The molecule has 3 N–H and O–H groups in total. The van der Waals surface area contributed by atoms with Gasteiger partial charge in [-0.15, -0.1) is 11.3 Å². The van der Waals surface area contributed by atoms with Gasteiger partial charge in [0.1, 0.15) is 11.0 Å². The van der Waals surface area contributed by atoms with Gasteiger partial charge in [0.15, 0.2) is 0 Å². The molecule has 0 radical (unpaired) electrons. The molecule has 0 saturated heterocycles. The number of amides is 2. The summed E-state index contributed by atoms with van der Waals surface area (Å²) in [6.45, 7) is 0. The van der Waals surface area contributed by atoms with Gasteiger partial charge in [-0.1, -0.05) is 12.1 Å². The van der Waals surface area contributed by atoms with E-state index < -0.39 is 0 Å². The molecule has 0 aliphatic carbocycles. The number of anilines is 2. The second-order valence-corrected chi connectivity index (χ2v) is 6.44. The molecular formula is C18H13N5O2S. The highest BCUT2D eigenvalue weighted by atomic mass is 32.1. The highest BCUT2D eigenvalue weighted by Gasteiger charge is 2.10. The summed E-state index contributed by atoms with van der Waals surface area (Å²) in [5.74, 6) is -0.448. The van der Waals surface area contributed by atoms with Crippen LogP contribution in [0.15, 0.2) is 60.0 Å². The van der Waals surface area contributed by atoms with Crippen LogP contribution in [0.4, 0.5) is 11.4 Å². The summed E-state index contributed by atoms with van der Waals surface area (Å²) in [6.07, 6.45) is 0. The number of fused-ring (bicyclic) bond motifs is 1. The number of thiophene rings is 1. The van der Waals surface area contributed by atoms with E-state index in [9.17, 15) is 9.59 Å². The third-order valence-corrected chi connectivity index (χ3v) is 4.57. The first-order chi connectivity index (χ1) is 12.7. The fraction of sp³-hybridized carbons (Fsp3) is 0. The summed E-state index contributed by atoms with van der Waals surface area (Å²) in [7, 11) is 0. The van der Waals surface area contributed by atoms with Gasteiger partial charge in [0.2, 0.25) is 0 Å². The molecule has 7 nitrogen and oxygen atoms in total. The maximum atomic E-state index is 12.4. The maximum Gasteiger partial charge on any atom is 0.265 e. The molecular weight excluding hydrogens is 350 g/mol. The lowest BCUT2D eigenvalue weighted by atomic mass is 10.2. The molecule has 0 saturated carbocycles. The van der Waals surface area contributed by atoms with Gasteiger partial charge in [-0.3, -0.25) is 9.59 Å². The molecule has 0 fully saturated rings. The molecule has 8 heteroatoms. The van der Waals surface area contributed by atoms with E-state index in [1.165, 1.54) is 11.3 Å². The van der Waals surface area contributed by atoms with E-state index in [1.54, 1.807) is 48.5 Å². The first-order valence-electron chi connectivity index (χ1n) is 7.76. The number of hydrogen-bond acceptors (Lipinski definition) is 5. The second-order valence-electron chi connectivity index (χ2n) is 5.49. The van der Waals surface area contributed by atoms with Gasteiger partial charge >= 0.3 is 0 Å². The number of rotatable bonds is 4. The van der Waals surface area contributed by atoms with E-state index in [1.807, 2.05) is 11.4 Å². The number of carbonyl (C=O) groups excluding carboxylic acids is 2. The van der Waals surface area contributed by atoms with Crippen molar-refractivity contribution in [2.45, 2.75) is 0 Å². The van der Waals surface area contributed by atoms with Crippen LogP contribution in [0, 0.1) is 0 Å². The van der Waals surface area contributed by atoms with E-state index in [2.05, 4.69) is 26.0 Å². The van der Waals surface area contributed by atoms with Crippen LogP contribution in [0.25, 0.3) is 11.0 Å². The molecule has 4 aromatic rings. The van der Waals surface area contributed by atoms with E-state index >= 15 is 0 Å². The molecule has 0 aliphatic rings. The number of benzene rings is 2. The molecule has 2 aromatic carbocycles. The summed E-state index contributed by atoms with van der Waals surface area (Å²) >= 11 is 1.37. The Bertz CT molecular complexity index is 1090. The van der Waals surface area contributed by atoms with Crippen molar-refractivity contribution in [1.82, 2.24) is 15.4 Å². The van der Waals surface area contributed by atoms with Crippen molar-refractivity contribution in [3.63, 3.8) is 0 Å². The zero-order valence-corrected chi connectivity index (χ0v) is 14.2. The first kappa shape index (κ1) is 16.0. The lowest BCUT2D eigenvalue weighted by Gasteiger charge is -2.08. The van der Waals surface area contributed by atoms with Crippen molar-refractivity contribution in [2.75, 3.05) is 10.6 Å². The highest BCUT2D eigenvalue weighted by molar-refractivity contribution is 7.12. The van der Waals surface area contributed by atoms with Crippen LogP contribution in [0.5, 0.6) is 0 Å². The maximum absolute atomic E-state index is 12.4. The zero-order chi connectivity index (χ0) is 17.9. The normalized spacial score (nSPS) is 10.6. The number of H-pyrrole nitrogens is 1. The number of nitrogens with zero attached hydrogens (tertiary/aromatic N) is 2. The number of nitrogens with one attached hydrogen (secondary N) is 3. The zero-order valence-electron chi connectivity index (χ0n) is 13.4. The Labute approximate surface area is 152 Å². The molecule has 2 heterocycles. The van der Waals surface area contributed by atoms with Crippen LogP contribution in [0.3, 0.4) is 0 Å². The van der Waals surface area contributed by atoms with Crippen molar-refractivity contribution >= 4 is 45.6 Å². The Morgan fingerprint density at radius 3 is 2.38 bits per heavy atom. The van der Waals surface area contributed by atoms with Gasteiger partial charge in [0, 0.05) is 16.9 Å². The standard InChI is InChI=1S/C18H13N5O2S/c24-17(11-6-7-14-15(9-11)22-23-21-14)19-12-3-1-4-13(10-12)20-18(25)16-5-2-8-26-16/h1-10H,(H,19,24)(H,20,25)(H,21,22,23). The van der Waals surface area contributed by atoms with Gasteiger partial charge < -0.3 is 10.6 Å². The van der Waals surface area contributed by atoms with Crippen LogP contribution in [-0.2, 0) is 0 Å². The Morgan fingerprint density at radius 1 is 0.846 bits per heavy atom. The summed E-state index contributed by atoms with van der Waals surface area (Å²) in [5, 5.41) is 17.9. The summed E-state index contributed by atoms with van der Waals surface area (Å²) in [4.78, 5) is 25.2. The molecule has 0 unspecified atom stereocenters. The largest absolute Gasteiger partial charge is 0.322 e. The van der Waals surface area contributed by atoms with Crippen molar-refractivity contribution in [2.24, 2.45) is 0 Å². The Morgan fingerprint density at radius 2 is 1.62 bits per heavy atom. The van der Waals surface area contributed by atoms with E-state index in [0.29, 0.717) is 32.8 Å². The van der Waals surface area contributed by atoms with Crippen LogP contribution in [0.1, 0.15) is 20.0 Å². The minimum atomic E-state index is -0.267. The van der Waals surface area contributed by atoms with E-state index in [4.69, 9.17) is 0 Å². The summed E-state index contributed by atoms with van der Waals surface area (Å²) in [6, 6.07) is 15.6. The van der Waals surface area contributed by atoms with E-state index in [-0.39, 0.29) is 11.8 Å². The summed E-state index contributed by atoms with van der Waals surface area (Å²) in [5.41, 5.74) is 2.97. The van der Waals surface area contributed by atoms with Gasteiger partial charge in [0.05, 0.1) is 4.88 Å². The Hall–Kier alpha value is -3.52. The van der Waals surface area contributed by atoms with Crippen molar-refractivity contribution in [3.05, 3.63) is 70.4 Å². The molecule has 4 rings (SSSR count). The van der Waals surface area contributed by atoms with Crippen molar-refractivity contribution < 1.29 is 9.59 Å². The van der Waals surface area contributed by atoms with Crippen LogP contribution in [-0.4, -0.2) is 27.2 Å². The molecule has 128 valence electrons. The third kappa shape index (κ3) is 3.31. The number of carbonyl (C=O) groups is 2. The number of aromatic nitrogens is 3. The van der Waals surface area contributed by atoms with E-state index in [0.717, 1.165) is 0 Å². The smallest absolute Gasteiger partial charge is 0.265 e. The molecule has 2 aromatic heterocycles. The fourth-order valence-electron chi connectivity index (χ4n) is 2.46. The summed E-state index contributed by atoms with van der Waals surface area (Å²) < 4.78 is 0. The average Bonchev–Trinajstić information content (AvgIpc) is 3.33. The molecule has 0 bridgehead atoms. The van der Waals surface area contributed by atoms with Crippen LogP contribution >= 0.6 is 11.3 Å². The molecule has 0 spiro atoms. The van der Waals surface area contributed by atoms with Gasteiger partial charge in [-0.2, -0.15) is 15.4 Å². The van der Waals surface area contributed by atoms with Crippen molar-refractivity contribution in [1.29, 1.82) is 0 Å². The third-order valence-electron chi connectivity index (χ3n) is 3.70. The topological polar surface area (TPSA) is 99.8 Å². The Balaban J connectivity index is 1.49. The van der Waals surface area contributed by atoms with Crippen LogP contribution < -0.4 is 10.6 Å². The van der Waals surface area contributed by atoms with Gasteiger partial charge in [-0.25, -0.2) is 0 Å².